The van der Waals surface area contributed by atoms with Gasteiger partial charge in [-0.2, -0.15) is 0 Å². The molecule has 0 aliphatic carbocycles. The molecule has 1 atom stereocenters. The van der Waals surface area contributed by atoms with E-state index in [1.54, 1.807) is 11.0 Å². The molecule has 21 heavy (non-hydrogen) atoms. The zero-order valence-corrected chi connectivity index (χ0v) is 12.5. The van der Waals surface area contributed by atoms with E-state index in [0.29, 0.717) is 18.8 Å². The van der Waals surface area contributed by atoms with Gasteiger partial charge in [-0.3, -0.25) is 9.59 Å². The van der Waals surface area contributed by atoms with Gasteiger partial charge in [-0.25, -0.2) is 0 Å². The molecule has 0 saturated carbocycles. The summed E-state index contributed by atoms with van der Waals surface area (Å²) in [5, 5.41) is 0. The van der Waals surface area contributed by atoms with Crippen molar-refractivity contribution < 1.29 is 23.5 Å². The molecule has 116 valence electrons. The number of carbonyl (C=O) groups excluding carboxylic acids is 2. The standard InChI is InChI=1S/C15H21NO5/c1-11-6-9-21-14(11)15(18)16(7-5-13(17)19-2)10-12-4-3-8-20-12/h6,9,12H,3-5,7-8,10H2,1-2H3. The van der Waals surface area contributed by atoms with E-state index < -0.39 is 0 Å². The van der Waals surface area contributed by atoms with E-state index in [-0.39, 0.29) is 24.4 Å². The lowest BCUT2D eigenvalue weighted by atomic mass is 10.2. The van der Waals surface area contributed by atoms with Crippen LogP contribution in [0.15, 0.2) is 16.7 Å². The second kappa shape index (κ2) is 7.26. The highest BCUT2D eigenvalue weighted by Crippen LogP contribution is 2.17. The summed E-state index contributed by atoms with van der Waals surface area (Å²) >= 11 is 0. The minimum absolute atomic E-state index is 0.0295. The number of hydrogen-bond donors (Lipinski definition) is 0. The molecule has 0 radical (unpaired) electrons. The zero-order valence-electron chi connectivity index (χ0n) is 12.5. The van der Waals surface area contributed by atoms with Gasteiger partial charge in [-0.1, -0.05) is 0 Å². The maximum Gasteiger partial charge on any atom is 0.307 e. The summed E-state index contributed by atoms with van der Waals surface area (Å²) in [7, 11) is 1.34. The Balaban J connectivity index is 2.04. The van der Waals surface area contributed by atoms with Gasteiger partial charge in [0.05, 0.1) is 25.9 Å². The lowest BCUT2D eigenvalue weighted by Gasteiger charge is -2.24. The number of nitrogens with zero attached hydrogens (tertiary/aromatic N) is 1. The van der Waals surface area contributed by atoms with Crippen LogP contribution in [-0.2, 0) is 14.3 Å². The van der Waals surface area contributed by atoms with Gasteiger partial charge in [0.2, 0.25) is 0 Å². The predicted molar refractivity (Wildman–Crippen MR) is 75.0 cm³/mol. The van der Waals surface area contributed by atoms with Crippen LogP contribution >= 0.6 is 0 Å². The maximum atomic E-state index is 12.5. The summed E-state index contributed by atoms with van der Waals surface area (Å²) in [6.07, 6.45) is 3.62. The zero-order chi connectivity index (χ0) is 15.2. The van der Waals surface area contributed by atoms with Crippen molar-refractivity contribution in [2.24, 2.45) is 0 Å². The van der Waals surface area contributed by atoms with Crippen LogP contribution < -0.4 is 0 Å². The van der Waals surface area contributed by atoms with Crippen LogP contribution in [0.2, 0.25) is 0 Å². The van der Waals surface area contributed by atoms with Crippen LogP contribution in [-0.4, -0.2) is 49.7 Å². The van der Waals surface area contributed by atoms with E-state index in [9.17, 15) is 9.59 Å². The van der Waals surface area contributed by atoms with Gasteiger partial charge < -0.3 is 18.8 Å². The molecule has 0 spiro atoms. The summed E-state index contributed by atoms with van der Waals surface area (Å²) in [6, 6.07) is 1.75. The molecule has 6 nitrogen and oxygen atoms in total. The van der Waals surface area contributed by atoms with E-state index in [0.717, 1.165) is 25.0 Å². The molecule has 1 fully saturated rings. The van der Waals surface area contributed by atoms with Crippen LogP contribution in [0.5, 0.6) is 0 Å². The monoisotopic (exact) mass is 295 g/mol. The van der Waals surface area contributed by atoms with Gasteiger partial charge >= 0.3 is 5.97 Å². The van der Waals surface area contributed by atoms with Crippen LogP contribution in [0.4, 0.5) is 0 Å². The van der Waals surface area contributed by atoms with E-state index >= 15 is 0 Å². The average molecular weight is 295 g/mol. The normalized spacial score (nSPS) is 17.7. The Morgan fingerprint density at radius 3 is 2.86 bits per heavy atom. The summed E-state index contributed by atoms with van der Waals surface area (Å²) in [4.78, 5) is 25.5. The molecular formula is C15H21NO5. The number of hydrogen-bond acceptors (Lipinski definition) is 5. The fourth-order valence-corrected chi connectivity index (χ4v) is 2.37. The molecule has 2 rings (SSSR count). The number of rotatable bonds is 6. The first-order valence-electron chi connectivity index (χ1n) is 7.13. The Bertz CT molecular complexity index is 490. The largest absolute Gasteiger partial charge is 0.469 e. The van der Waals surface area contributed by atoms with Gasteiger partial charge in [0.15, 0.2) is 5.76 Å². The predicted octanol–water partition coefficient (Wildman–Crippen LogP) is 1.77. The third kappa shape index (κ3) is 4.07. The Hall–Kier alpha value is -1.82. The van der Waals surface area contributed by atoms with Gasteiger partial charge in [0.25, 0.3) is 5.91 Å². The third-order valence-corrected chi connectivity index (χ3v) is 3.61. The van der Waals surface area contributed by atoms with Gasteiger partial charge in [-0.05, 0) is 25.8 Å². The number of methoxy groups -OCH3 is 1. The molecular weight excluding hydrogens is 274 g/mol. The van der Waals surface area contributed by atoms with Crippen molar-refractivity contribution >= 4 is 11.9 Å². The summed E-state index contributed by atoms with van der Waals surface area (Å²) < 4.78 is 15.5. The summed E-state index contributed by atoms with van der Waals surface area (Å²) in [6.45, 7) is 3.31. The van der Waals surface area contributed by atoms with Crippen molar-refractivity contribution in [3.63, 3.8) is 0 Å². The first-order valence-corrected chi connectivity index (χ1v) is 7.13. The Kier molecular flexibility index (Phi) is 5.38. The van der Waals surface area contributed by atoms with Crippen molar-refractivity contribution in [2.75, 3.05) is 26.8 Å². The fourth-order valence-electron chi connectivity index (χ4n) is 2.37. The number of aryl methyl sites for hydroxylation is 1. The molecule has 6 heteroatoms. The van der Waals surface area contributed by atoms with E-state index in [1.165, 1.54) is 13.4 Å². The van der Waals surface area contributed by atoms with Crippen LogP contribution in [0.1, 0.15) is 35.4 Å². The SMILES string of the molecule is COC(=O)CCN(CC1CCCO1)C(=O)c1occc1C. The Labute approximate surface area is 124 Å². The molecule has 1 amide bonds. The Morgan fingerprint density at radius 2 is 2.29 bits per heavy atom. The molecule has 2 heterocycles. The van der Waals surface area contributed by atoms with E-state index in [2.05, 4.69) is 4.74 Å². The van der Waals surface area contributed by atoms with Crippen molar-refractivity contribution in [3.05, 3.63) is 23.7 Å². The highest BCUT2D eigenvalue weighted by atomic mass is 16.5. The van der Waals surface area contributed by atoms with Gasteiger partial charge in [0, 0.05) is 25.3 Å². The fraction of sp³-hybridized carbons (Fsp3) is 0.600. The van der Waals surface area contributed by atoms with Crippen molar-refractivity contribution in [1.29, 1.82) is 0 Å². The van der Waals surface area contributed by atoms with Crippen LogP contribution in [0.3, 0.4) is 0 Å². The van der Waals surface area contributed by atoms with Crippen molar-refractivity contribution in [3.8, 4) is 0 Å². The Morgan fingerprint density at radius 1 is 1.48 bits per heavy atom. The number of furan rings is 1. The molecule has 0 N–H and O–H groups in total. The first-order chi connectivity index (χ1) is 10.1. The number of ether oxygens (including phenoxy) is 2. The van der Waals surface area contributed by atoms with E-state index in [4.69, 9.17) is 9.15 Å². The molecule has 1 unspecified atom stereocenters. The second-order valence-electron chi connectivity index (χ2n) is 5.15. The maximum absolute atomic E-state index is 12.5. The number of esters is 1. The quantitative estimate of drug-likeness (QED) is 0.748. The topological polar surface area (TPSA) is 69.0 Å². The molecule has 1 aromatic heterocycles. The smallest absolute Gasteiger partial charge is 0.307 e. The average Bonchev–Trinajstić information content (AvgIpc) is 3.13. The molecule has 1 aliphatic heterocycles. The summed E-state index contributed by atoms with van der Waals surface area (Å²) in [5.41, 5.74) is 0.787. The van der Waals surface area contributed by atoms with E-state index in [1.807, 2.05) is 6.92 Å². The second-order valence-corrected chi connectivity index (χ2v) is 5.15. The lowest BCUT2D eigenvalue weighted by molar-refractivity contribution is -0.140. The molecule has 0 bridgehead atoms. The first kappa shape index (κ1) is 15.6. The van der Waals surface area contributed by atoms with Gasteiger partial charge in [-0.15, -0.1) is 0 Å². The summed E-state index contributed by atoms with van der Waals surface area (Å²) in [5.74, 6) is -0.230. The molecule has 1 saturated heterocycles. The third-order valence-electron chi connectivity index (χ3n) is 3.61. The van der Waals surface area contributed by atoms with Crippen LogP contribution in [0.25, 0.3) is 0 Å². The minimum Gasteiger partial charge on any atom is -0.469 e. The van der Waals surface area contributed by atoms with Crippen LogP contribution in [0, 0.1) is 6.92 Å². The highest BCUT2D eigenvalue weighted by Gasteiger charge is 2.26. The molecule has 1 aromatic rings. The molecule has 0 aromatic carbocycles. The van der Waals surface area contributed by atoms with Gasteiger partial charge in [0.1, 0.15) is 0 Å². The minimum atomic E-state index is -0.337. The van der Waals surface area contributed by atoms with Crippen molar-refractivity contribution in [1.82, 2.24) is 4.90 Å². The van der Waals surface area contributed by atoms with Crippen molar-refractivity contribution in [2.45, 2.75) is 32.3 Å². The number of amides is 1. The molecule has 1 aliphatic rings. The highest BCUT2D eigenvalue weighted by molar-refractivity contribution is 5.93. The lowest BCUT2D eigenvalue weighted by Crippen LogP contribution is -2.39. The number of carbonyl (C=O) groups is 2.